The normalized spacial score (nSPS) is 21.9. The largest absolute Gasteiger partial charge is 0.283 e. The van der Waals surface area contributed by atoms with E-state index >= 15 is 0 Å². The average Bonchev–Trinajstić information content (AvgIpc) is 3.25. The van der Waals surface area contributed by atoms with Gasteiger partial charge in [-0.1, -0.05) is 49.1 Å². The third-order valence-electron chi connectivity index (χ3n) is 4.73. The van der Waals surface area contributed by atoms with Crippen molar-refractivity contribution in [3.63, 3.8) is 0 Å². The summed E-state index contributed by atoms with van der Waals surface area (Å²) in [5, 5.41) is 3.39. The van der Waals surface area contributed by atoms with Crippen molar-refractivity contribution in [2.24, 2.45) is 4.99 Å². The Kier molecular flexibility index (Phi) is 5.22. The number of rotatable bonds is 3. The van der Waals surface area contributed by atoms with Gasteiger partial charge in [-0.3, -0.25) is 9.69 Å². The van der Waals surface area contributed by atoms with Crippen LogP contribution in [0.5, 0.6) is 0 Å². The Labute approximate surface area is 162 Å². The summed E-state index contributed by atoms with van der Waals surface area (Å²) in [6, 6.07) is 8.48. The van der Waals surface area contributed by atoms with Gasteiger partial charge < -0.3 is 0 Å². The van der Waals surface area contributed by atoms with Crippen LogP contribution < -0.4 is 0 Å². The highest BCUT2D eigenvalue weighted by Gasteiger charge is 2.38. The van der Waals surface area contributed by atoms with Crippen LogP contribution in [-0.2, 0) is 4.79 Å². The average molecular weight is 384 g/mol. The van der Waals surface area contributed by atoms with Crippen LogP contribution >= 0.6 is 23.1 Å². The molecule has 2 aromatic rings. The molecule has 0 radical (unpaired) electrons. The van der Waals surface area contributed by atoms with E-state index in [4.69, 9.17) is 0 Å². The van der Waals surface area contributed by atoms with Gasteiger partial charge in [0, 0.05) is 17.6 Å². The minimum atomic E-state index is 0.0821. The van der Waals surface area contributed by atoms with E-state index in [0.717, 1.165) is 28.5 Å². The van der Waals surface area contributed by atoms with Gasteiger partial charge in [0.15, 0.2) is 5.17 Å². The summed E-state index contributed by atoms with van der Waals surface area (Å²) in [6.07, 6.45) is 9.47. The molecule has 0 N–H and O–H groups in total. The van der Waals surface area contributed by atoms with Gasteiger partial charge in [-0.05, 0) is 43.2 Å². The number of nitrogens with zero attached hydrogens (tertiary/aromatic N) is 3. The van der Waals surface area contributed by atoms with Crippen LogP contribution in [0.15, 0.2) is 45.7 Å². The molecule has 1 aliphatic carbocycles. The Morgan fingerprint density at radius 1 is 1.27 bits per heavy atom. The first-order valence-corrected chi connectivity index (χ1v) is 10.7. The van der Waals surface area contributed by atoms with Crippen LogP contribution in [0.3, 0.4) is 0 Å². The van der Waals surface area contributed by atoms with E-state index in [2.05, 4.69) is 29.0 Å². The van der Waals surface area contributed by atoms with Gasteiger partial charge in [-0.2, -0.15) is 4.99 Å². The third kappa shape index (κ3) is 3.76. The number of carbonyl (C=O) groups is 1. The molecule has 1 aromatic heterocycles. The number of amides is 1. The highest BCUT2D eigenvalue weighted by atomic mass is 32.2. The maximum Gasteiger partial charge on any atom is 0.267 e. The van der Waals surface area contributed by atoms with Crippen LogP contribution in [0.2, 0.25) is 0 Å². The topological polar surface area (TPSA) is 45.6 Å². The second-order valence-corrected chi connectivity index (χ2v) is 8.58. The molecule has 1 aromatic carbocycles. The summed E-state index contributed by atoms with van der Waals surface area (Å²) in [6.45, 7) is 2.06. The molecule has 1 amide bonds. The summed E-state index contributed by atoms with van der Waals surface area (Å²) in [5.74, 6) is 0.0821. The Hall–Kier alpha value is -1.92. The number of aromatic nitrogens is 1. The molecule has 1 saturated carbocycles. The van der Waals surface area contributed by atoms with E-state index in [0.29, 0.717) is 5.13 Å². The molecule has 2 fully saturated rings. The van der Waals surface area contributed by atoms with Crippen molar-refractivity contribution >= 4 is 45.4 Å². The molecule has 1 aliphatic heterocycles. The molecule has 2 heterocycles. The van der Waals surface area contributed by atoms with E-state index in [1.165, 1.54) is 47.9 Å². The van der Waals surface area contributed by atoms with Crippen molar-refractivity contribution in [3.05, 3.63) is 51.9 Å². The van der Waals surface area contributed by atoms with Gasteiger partial charge in [0.25, 0.3) is 5.91 Å². The molecule has 4 rings (SSSR count). The second-order valence-electron chi connectivity index (χ2n) is 6.70. The number of thiazole rings is 1. The van der Waals surface area contributed by atoms with Crippen LogP contribution in [0.1, 0.15) is 43.2 Å². The quantitative estimate of drug-likeness (QED) is 0.668. The van der Waals surface area contributed by atoms with E-state index in [-0.39, 0.29) is 11.9 Å². The maximum absolute atomic E-state index is 13.2. The van der Waals surface area contributed by atoms with Gasteiger partial charge in [-0.25, -0.2) is 4.98 Å². The second kappa shape index (κ2) is 7.76. The van der Waals surface area contributed by atoms with E-state index in [9.17, 15) is 4.79 Å². The molecule has 6 heteroatoms. The lowest BCUT2D eigenvalue weighted by Gasteiger charge is -2.30. The Morgan fingerprint density at radius 3 is 2.85 bits per heavy atom. The SMILES string of the molecule is Cc1cccc(/C=C2\S/C(=N/c3nccs3)N(C3CCCCC3)C2=O)c1. The zero-order valence-electron chi connectivity index (χ0n) is 14.7. The smallest absolute Gasteiger partial charge is 0.267 e. The Bertz CT molecular complexity index is 852. The molecule has 0 bridgehead atoms. The monoisotopic (exact) mass is 383 g/mol. The van der Waals surface area contributed by atoms with Crippen molar-refractivity contribution in [1.82, 2.24) is 9.88 Å². The molecule has 2 aliphatic rings. The minimum Gasteiger partial charge on any atom is -0.283 e. The Morgan fingerprint density at radius 2 is 2.12 bits per heavy atom. The number of hydrogen-bond acceptors (Lipinski definition) is 5. The summed E-state index contributed by atoms with van der Waals surface area (Å²) in [7, 11) is 0. The number of amidine groups is 1. The molecular formula is C20H21N3OS2. The van der Waals surface area contributed by atoms with Crippen molar-refractivity contribution < 1.29 is 4.79 Å². The lowest BCUT2D eigenvalue weighted by Crippen LogP contribution is -2.40. The highest BCUT2D eigenvalue weighted by Crippen LogP contribution is 2.38. The van der Waals surface area contributed by atoms with Crippen molar-refractivity contribution in [3.8, 4) is 0 Å². The van der Waals surface area contributed by atoms with E-state index in [1.54, 1.807) is 6.20 Å². The van der Waals surface area contributed by atoms with Crippen LogP contribution in [0, 0.1) is 6.92 Å². The molecule has 1 saturated heterocycles. The predicted octanol–water partition coefficient (Wildman–Crippen LogP) is 5.39. The molecule has 134 valence electrons. The van der Waals surface area contributed by atoms with Gasteiger partial charge >= 0.3 is 0 Å². The van der Waals surface area contributed by atoms with E-state index in [1.807, 2.05) is 28.5 Å². The molecule has 26 heavy (non-hydrogen) atoms. The minimum absolute atomic E-state index is 0.0821. The first-order valence-electron chi connectivity index (χ1n) is 8.99. The fourth-order valence-electron chi connectivity index (χ4n) is 3.49. The first kappa shape index (κ1) is 17.5. The first-order chi connectivity index (χ1) is 12.7. The lowest BCUT2D eigenvalue weighted by atomic mass is 9.94. The zero-order valence-corrected chi connectivity index (χ0v) is 16.4. The number of thioether (sulfide) groups is 1. The van der Waals surface area contributed by atoms with Crippen molar-refractivity contribution in [1.29, 1.82) is 0 Å². The van der Waals surface area contributed by atoms with Gasteiger partial charge in [-0.15, -0.1) is 11.3 Å². The number of aliphatic imine (C=N–C) groups is 1. The highest BCUT2D eigenvalue weighted by molar-refractivity contribution is 8.18. The van der Waals surface area contributed by atoms with Gasteiger partial charge in [0.1, 0.15) is 0 Å². The van der Waals surface area contributed by atoms with Crippen LogP contribution in [0.4, 0.5) is 5.13 Å². The number of hydrogen-bond donors (Lipinski definition) is 0. The number of aryl methyl sites for hydroxylation is 1. The third-order valence-corrected chi connectivity index (χ3v) is 6.38. The predicted molar refractivity (Wildman–Crippen MR) is 110 cm³/mol. The Balaban J connectivity index is 1.69. The number of benzene rings is 1. The summed E-state index contributed by atoms with van der Waals surface area (Å²) < 4.78 is 0. The fourth-order valence-corrected chi connectivity index (χ4v) is 5.09. The summed E-state index contributed by atoms with van der Waals surface area (Å²) in [5.41, 5.74) is 2.25. The summed E-state index contributed by atoms with van der Waals surface area (Å²) >= 11 is 2.97. The zero-order chi connectivity index (χ0) is 17.9. The van der Waals surface area contributed by atoms with Crippen molar-refractivity contribution in [2.45, 2.75) is 45.1 Å². The molecule has 0 spiro atoms. The fraction of sp³-hybridized carbons (Fsp3) is 0.350. The van der Waals surface area contributed by atoms with E-state index < -0.39 is 0 Å². The number of carbonyl (C=O) groups excluding carboxylic acids is 1. The standard InChI is InChI=1S/C20H21N3OS2/c1-14-6-5-7-15(12-14)13-17-18(24)23(16-8-3-2-4-9-16)20(26-17)22-19-21-10-11-25-19/h5-7,10-13,16H,2-4,8-9H2,1H3/b17-13-,22-20+. The summed E-state index contributed by atoms with van der Waals surface area (Å²) in [4.78, 5) is 24.8. The van der Waals surface area contributed by atoms with Crippen LogP contribution in [-0.4, -0.2) is 27.0 Å². The molecule has 0 unspecified atom stereocenters. The lowest BCUT2D eigenvalue weighted by molar-refractivity contribution is -0.124. The van der Waals surface area contributed by atoms with Gasteiger partial charge in [0.05, 0.1) is 4.91 Å². The van der Waals surface area contributed by atoms with Crippen molar-refractivity contribution in [2.75, 3.05) is 0 Å². The van der Waals surface area contributed by atoms with Gasteiger partial charge in [0.2, 0.25) is 5.13 Å². The van der Waals surface area contributed by atoms with Crippen LogP contribution in [0.25, 0.3) is 6.08 Å². The molecule has 0 atom stereocenters. The molecule has 4 nitrogen and oxygen atoms in total. The maximum atomic E-state index is 13.2. The molecular weight excluding hydrogens is 362 g/mol.